The molecule has 110 valence electrons. The van der Waals surface area contributed by atoms with Crippen molar-refractivity contribution in [3.8, 4) is 6.07 Å². The second-order valence-corrected chi connectivity index (χ2v) is 5.62. The van der Waals surface area contributed by atoms with Crippen molar-refractivity contribution in [3.63, 3.8) is 0 Å². The van der Waals surface area contributed by atoms with Crippen LogP contribution in [0.2, 0.25) is 5.15 Å². The zero-order chi connectivity index (χ0) is 14.7. The topological polar surface area (TPSA) is 108 Å². The molecule has 1 aliphatic rings. The molecule has 3 N–H and O–H groups in total. The van der Waals surface area contributed by atoms with Crippen LogP contribution in [0, 0.1) is 11.3 Å². The van der Waals surface area contributed by atoms with E-state index in [-0.39, 0.29) is 17.8 Å². The first-order valence-corrected chi connectivity index (χ1v) is 7.08. The maximum atomic E-state index is 9.86. The lowest BCUT2D eigenvalue weighted by atomic mass is 10.0. The number of aliphatic hydroxyl groups is 2. The summed E-state index contributed by atoms with van der Waals surface area (Å²) in [5, 5.41) is 31.4. The number of nitrogens with one attached hydrogen (secondary N) is 1. The molecule has 0 amide bonds. The summed E-state index contributed by atoms with van der Waals surface area (Å²) in [6.07, 6.45) is -1.80. The minimum Gasteiger partial charge on any atom is -0.394 e. The van der Waals surface area contributed by atoms with Crippen molar-refractivity contribution < 1.29 is 19.7 Å². The van der Waals surface area contributed by atoms with Crippen molar-refractivity contribution in [2.75, 3.05) is 19.0 Å². The summed E-state index contributed by atoms with van der Waals surface area (Å²) >= 11 is 6.92. The van der Waals surface area contributed by atoms with Crippen LogP contribution >= 0.6 is 22.9 Å². The van der Waals surface area contributed by atoms with Crippen LogP contribution in [-0.4, -0.2) is 53.5 Å². The molecule has 2 rings (SSSR count). The van der Waals surface area contributed by atoms with E-state index in [4.69, 9.17) is 31.4 Å². The largest absolute Gasteiger partial charge is 0.394 e. The van der Waals surface area contributed by atoms with Gasteiger partial charge in [0.2, 0.25) is 0 Å². The molecule has 0 saturated carbocycles. The van der Waals surface area contributed by atoms with Gasteiger partial charge >= 0.3 is 0 Å². The molecule has 0 unspecified atom stereocenters. The second kappa shape index (κ2) is 6.67. The molecule has 4 atom stereocenters. The van der Waals surface area contributed by atoms with Crippen LogP contribution in [0.3, 0.4) is 0 Å². The Morgan fingerprint density at radius 3 is 3.00 bits per heavy atom. The molecule has 0 spiro atoms. The number of anilines is 1. The van der Waals surface area contributed by atoms with E-state index in [9.17, 15) is 5.11 Å². The summed E-state index contributed by atoms with van der Waals surface area (Å²) in [4.78, 5) is 4.33. The second-order valence-electron chi connectivity index (χ2n) is 4.27. The normalized spacial score (nSPS) is 29.9. The van der Waals surface area contributed by atoms with Crippen LogP contribution in [0.5, 0.6) is 0 Å². The number of aliphatic hydroxyl groups excluding tert-OH is 2. The predicted molar refractivity (Wildman–Crippen MR) is 72.6 cm³/mol. The molecular formula is C11H14ClN3O4S. The average molecular weight is 320 g/mol. The van der Waals surface area contributed by atoms with Crippen molar-refractivity contribution in [3.05, 3.63) is 10.0 Å². The number of hydrogen-bond acceptors (Lipinski definition) is 8. The van der Waals surface area contributed by atoms with E-state index >= 15 is 0 Å². The molecule has 1 aromatic heterocycles. The van der Waals surface area contributed by atoms with Crippen molar-refractivity contribution in [2.45, 2.75) is 31.0 Å². The summed E-state index contributed by atoms with van der Waals surface area (Å²) in [5.74, 6) is 0. The van der Waals surface area contributed by atoms with Gasteiger partial charge in [-0.25, -0.2) is 4.98 Å². The molecule has 1 aliphatic heterocycles. The van der Waals surface area contributed by atoms with E-state index in [1.54, 1.807) is 0 Å². The number of nitriles is 1. The van der Waals surface area contributed by atoms with Crippen molar-refractivity contribution >= 4 is 28.1 Å². The maximum Gasteiger partial charge on any atom is 0.185 e. The van der Waals surface area contributed by atoms with Gasteiger partial charge in [0.1, 0.15) is 17.1 Å². The lowest BCUT2D eigenvalue weighted by Crippen LogP contribution is -2.52. The Morgan fingerprint density at radius 1 is 1.70 bits per heavy atom. The van der Waals surface area contributed by atoms with E-state index in [0.717, 1.165) is 11.3 Å². The van der Waals surface area contributed by atoms with Crippen LogP contribution in [0.15, 0.2) is 0 Å². The summed E-state index contributed by atoms with van der Waals surface area (Å²) in [6.45, 7) is -0.282. The molecule has 0 radical (unpaired) electrons. The lowest BCUT2D eigenvalue weighted by Gasteiger charge is -2.38. The minimum absolute atomic E-state index is 0.138. The van der Waals surface area contributed by atoms with Crippen LogP contribution in [0.1, 0.15) is 11.3 Å². The Balaban J connectivity index is 2.09. The van der Waals surface area contributed by atoms with Gasteiger partial charge in [-0.1, -0.05) is 22.9 Å². The highest BCUT2D eigenvalue weighted by Crippen LogP contribution is 2.29. The third kappa shape index (κ3) is 3.20. The molecule has 20 heavy (non-hydrogen) atoms. The highest BCUT2D eigenvalue weighted by atomic mass is 35.5. The van der Waals surface area contributed by atoms with Crippen molar-refractivity contribution in [1.29, 1.82) is 5.26 Å². The average Bonchev–Trinajstić information content (AvgIpc) is 2.79. The first kappa shape index (κ1) is 15.4. The lowest BCUT2D eigenvalue weighted by molar-refractivity contribution is -0.224. The van der Waals surface area contributed by atoms with E-state index in [2.05, 4.69) is 10.3 Å². The van der Waals surface area contributed by atoms with Gasteiger partial charge < -0.3 is 25.0 Å². The molecule has 7 nitrogen and oxygen atoms in total. The van der Waals surface area contributed by atoms with Crippen LogP contribution in [0.4, 0.5) is 5.13 Å². The molecule has 2 heterocycles. The molecule has 1 saturated heterocycles. The quantitative estimate of drug-likeness (QED) is 0.744. The third-order valence-electron chi connectivity index (χ3n) is 2.97. The Hall–Kier alpha value is -0.950. The standard InChI is InChI=1S/C11H14ClN3O4S/c1-18-10-5(2-6(17)7(4-16)19-10)14-11-15-9(12)8(3-13)20-11/h5-7,10,16-17H,2,4H2,1H3,(H,14,15)/t5-,6-,7-,10+/m1/s1. The summed E-state index contributed by atoms with van der Waals surface area (Å²) in [7, 11) is 1.47. The number of nitrogens with zero attached hydrogens (tertiary/aromatic N) is 2. The Morgan fingerprint density at radius 2 is 2.45 bits per heavy atom. The van der Waals surface area contributed by atoms with E-state index in [1.165, 1.54) is 7.11 Å². The first-order chi connectivity index (χ1) is 9.58. The van der Waals surface area contributed by atoms with E-state index in [1.807, 2.05) is 6.07 Å². The SMILES string of the molecule is CO[C@H]1O[C@H](CO)[C@H](O)C[C@H]1Nc1nc(Cl)c(C#N)s1. The highest BCUT2D eigenvalue weighted by molar-refractivity contribution is 7.16. The number of hydrogen-bond donors (Lipinski definition) is 3. The number of ether oxygens (including phenoxy) is 2. The fraction of sp³-hybridized carbons (Fsp3) is 0.636. The van der Waals surface area contributed by atoms with Crippen molar-refractivity contribution in [1.82, 2.24) is 4.98 Å². The molecule has 0 aliphatic carbocycles. The van der Waals surface area contributed by atoms with E-state index < -0.39 is 18.5 Å². The number of methoxy groups -OCH3 is 1. The van der Waals surface area contributed by atoms with Crippen LogP contribution < -0.4 is 5.32 Å². The summed E-state index contributed by atoms with van der Waals surface area (Å²) in [5.41, 5.74) is 0. The predicted octanol–water partition coefficient (Wildman–Crippen LogP) is 0.563. The number of aromatic nitrogens is 1. The van der Waals surface area contributed by atoms with E-state index in [0.29, 0.717) is 16.4 Å². The minimum atomic E-state index is -0.810. The van der Waals surface area contributed by atoms with Gasteiger partial charge in [0.15, 0.2) is 16.6 Å². The van der Waals surface area contributed by atoms with Gasteiger partial charge in [-0.3, -0.25) is 0 Å². The first-order valence-electron chi connectivity index (χ1n) is 5.89. The van der Waals surface area contributed by atoms with Gasteiger partial charge in [-0.05, 0) is 0 Å². The maximum absolute atomic E-state index is 9.86. The van der Waals surface area contributed by atoms with Gasteiger partial charge in [0, 0.05) is 13.5 Å². The zero-order valence-electron chi connectivity index (χ0n) is 10.6. The van der Waals surface area contributed by atoms with Gasteiger partial charge in [-0.2, -0.15) is 5.26 Å². The molecule has 9 heteroatoms. The Kier molecular flexibility index (Phi) is 5.15. The van der Waals surface area contributed by atoms with Crippen LogP contribution in [-0.2, 0) is 9.47 Å². The summed E-state index contributed by atoms with van der Waals surface area (Å²) in [6, 6.07) is 1.59. The molecule has 1 aromatic rings. The number of rotatable bonds is 4. The fourth-order valence-corrected chi connectivity index (χ4v) is 2.99. The fourth-order valence-electron chi connectivity index (χ4n) is 1.98. The van der Waals surface area contributed by atoms with Crippen molar-refractivity contribution in [2.24, 2.45) is 0 Å². The highest BCUT2D eigenvalue weighted by Gasteiger charge is 2.37. The third-order valence-corrected chi connectivity index (χ3v) is 4.25. The summed E-state index contributed by atoms with van der Waals surface area (Å²) < 4.78 is 10.6. The van der Waals surface area contributed by atoms with Gasteiger partial charge in [0.05, 0.1) is 18.8 Å². The monoisotopic (exact) mass is 319 g/mol. The Labute approximate surface area is 124 Å². The molecular weight excluding hydrogens is 306 g/mol. The van der Waals surface area contributed by atoms with Gasteiger partial charge in [-0.15, -0.1) is 0 Å². The van der Waals surface area contributed by atoms with Crippen LogP contribution in [0.25, 0.3) is 0 Å². The molecule has 0 aromatic carbocycles. The number of thiazole rings is 1. The Bertz CT molecular complexity index is 506. The molecule has 1 fully saturated rings. The smallest absolute Gasteiger partial charge is 0.185 e. The van der Waals surface area contributed by atoms with Gasteiger partial charge in [0.25, 0.3) is 0 Å². The number of halogens is 1. The molecule has 0 bridgehead atoms. The zero-order valence-corrected chi connectivity index (χ0v) is 12.2.